The zero-order valence-electron chi connectivity index (χ0n) is 15.0. The van der Waals surface area contributed by atoms with Gasteiger partial charge in [0.1, 0.15) is 12.1 Å². The van der Waals surface area contributed by atoms with E-state index in [0.29, 0.717) is 0 Å². The lowest BCUT2D eigenvalue weighted by Gasteiger charge is -2.49. The molecule has 2 aliphatic rings. The smallest absolute Gasteiger partial charge is 0.140 e. The molecular weight excluding hydrogens is 312 g/mol. The zero-order chi connectivity index (χ0) is 17.9. The van der Waals surface area contributed by atoms with Crippen LogP contribution in [0.1, 0.15) is 30.6 Å². The number of rotatable bonds is 3. The molecule has 4 nitrogen and oxygen atoms in total. The SMILES string of the molecule is C=C1[C@H](C(C=O)C(C)=O)C[C@H]2c3c(c4ccccc4n3C)C[C@@H]1N2C. The number of likely N-dealkylation sites (N-methyl/N-ethyl adjacent to an activating group) is 1. The molecule has 0 aliphatic carbocycles. The molecule has 1 unspecified atom stereocenters. The Morgan fingerprint density at radius 3 is 2.68 bits per heavy atom. The lowest BCUT2D eigenvalue weighted by Crippen LogP contribution is -2.50. The molecule has 2 aromatic rings. The van der Waals surface area contributed by atoms with Gasteiger partial charge in [0.15, 0.2) is 0 Å². The third-order valence-electron chi connectivity index (χ3n) is 6.39. The normalized spacial score (nSPS) is 27.2. The summed E-state index contributed by atoms with van der Waals surface area (Å²) in [4.78, 5) is 25.9. The number of fused-ring (bicyclic) bond motifs is 6. The van der Waals surface area contributed by atoms with Gasteiger partial charge in [0.05, 0.1) is 12.0 Å². The fourth-order valence-electron chi connectivity index (χ4n) is 5.04. The second-order valence-corrected chi connectivity index (χ2v) is 7.53. The average molecular weight is 336 g/mol. The maximum Gasteiger partial charge on any atom is 0.140 e. The Bertz CT molecular complexity index is 895. The second kappa shape index (κ2) is 5.67. The molecule has 1 aromatic carbocycles. The first-order chi connectivity index (χ1) is 12.0. The summed E-state index contributed by atoms with van der Waals surface area (Å²) in [5, 5.41) is 1.31. The molecule has 0 spiro atoms. The van der Waals surface area contributed by atoms with E-state index in [2.05, 4.69) is 54.4 Å². The Kier molecular flexibility index (Phi) is 3.69. The van der Waals surface area contributed by atoms with E-state index in [9.17, 15) is 9.59 Å². The quantitative estimate of drug-likeness (QED) is 0.491. The Morgan fingerprint density at radius 1 is 1.28 bits per heavy atom. The van der Waals surface area contributed by atoms with E-state index >= 15 is 0 Å². The number of aldehydes is 1. The first-order valence-corrected chi connectivity index (χ1v) is 8.88. The lowest BCUT2D eigenvalue weighted by atomic mass is 9.69. The molecule has 4 rings (SSSR count). The molecule has 1 fully saturated rings. The second-order valence-electron chi connectivity index (χ2n) is 7.53. The minimum absolute atomic E-state index is 0.0546. The van der Waals surface area contributed by atoms with Crippen molar-refractivity contribution in [2.75, 3.05) is 7.05 Å². The Labute approximate surface area is 148 Å². The van der Waals surface area contributed by atoms with Crippen LogP contribution in [0.2, 0.25) is 0 Å². The minimum Gasteiger partial charge on any atom is -0.346 e. The van der Waals surface area contributed by atoms with E-state index < -0.39 is 5.92 Å². The first kappa shape index (κ1) is 16.3. The summed E-state index contributed by atoms with van der Waals surface area (Å²) in [6.45, 7) is 5.83. The fraction of sp³-hybridized carbons (Fsp3) is 0.429. The van der Waals surface area contributed by atoms with Crippen molar-refractivity contribution in [2.45, 2.75) is 31.8 Å². The number of Topliss-reactive ketones (excluding diaryl/α,β-unsaturated/α-hetero) is 1. The minimum atomic E-state index is -0.567. The van der Waals surface area contributed by atoms with Crippen LogP contribution < -0.4 is 0 Å². The van der Waals surface area contributed by atoms with Crippen molar-refractivity contribution in [3.63, 3.8) is 0 Å². The van der Waals surface area contributed by atoms with Gasteiger partial charge in [-0.1, -0.05) is 30.4 Å². The highest BCUT2D eigenvalue weighted by atomic mass is 16.1. The number of nitrogens with zero attached hydrogens (tertiary/aromatic N) is 2. The molecule has 4 atom stereocenters. The number of carbonyl (C=O) groups is 2. The zero-order valence-corrected chi connectivity index (χ0v) is 15.0. The standard InChI is InChI=1S/C21H24N2O2/c1-12-15(17(11-24)13(2)25)9-20-21-16(10-19(12)22(20)3)14-7-5-6-8-18(14)23(21)4/h5-8,11,15,17,19-20H,1,9-10H2,2-4H3/t15-,17?,19+,20+/m1/s1. The van der Waals surface area contributed by atoms with E-state index in [1.54, 1.807) is 0 Å². The first-order valence-electron chi connectivity index (χ1n) is 8.88. The third-order valence-corrected chi connectivity index (χ3v) is 6.39. The summed E-state index contributed by atoms with van der Waals surface area (Å²) < 4.78 is 2.29. The molecule has 2 aliphatic heterocycles. The van der Waals surface area contributed by atoms with E-state index in [1.165, 1.54) is 29.1 Å². The summed E-state index contributed by atoms with van der Waals surface area (Å²) in [6, 6.07) is 8.91. The number of hydrogen-bond donors (Lipinski definition) is 0. The predicted molar refractivity (Wildman–Crippen MR) is 98.4 cm³/mol. The largest absolute Gasteiger partial charge is 0.346 e. The number of hydrogen-bond acceptors (Lipinski definition) is 3. The Morgan fingerprint density at radius 2 is 2.00 bits per heavy atom. The maximum absolute atomic E-state index is 12.0. The van der Waals surface area contributed by atoms with Crippen LogP contribution in [-0.2, 0) is 23.1 Å². The van der Waals surface area contributed by atoms with Gasteiger partial charge in [0.2, 0.25) is 0 Å². The van der Waals surface area contributed by atoms with Crippen LogP contribution in [0, 0.1) is 11.8 Å². The van der Waals surface area contributed by atoms with Crippen LogP contribution in [0.15, 0.2) is 36.4 Å². The van der Waals surface area contributed by atoms with Crippen LogP contribution in [0.3, 0.4) is 0 Å². The predicted octanol–water partition coefficient (Wildman–Crippen LogP) is 3.06. The van der Waals surface area contributed by atoms with E-state index in [4.69, 9.17) is 0 Å². The number of ketones is 1. The molecular formula is C21H24N2O2. The highest BCUT2D eigenvalue weighted by Gasteiger charge is 2.46. The van der Waals surface area contributed by atoms with Gasteiger partial charge in [-0.3, -0.25) is 9.69 Å². The van der Waals surface area contributed by atoms with Crippen molar-refractivity contribution in [3.05, 3.63) is 47.7 Å². The molecule has 0 amide bonds. The van der Waals surface area contributed by atoms with Gasteiger partial charge in [-0.05, 0) is 44.4 Å². The molecule has 0 radical (unpaired) electrons. The van der Waals surface area contributed by atoms with Gasteiger partial charge < -0.3 is 9.36 Å². The summed E-state index contributed by atoms with van der Waals surface area (Å²) in [5.74, 6) is -0.684. The van der Waals surface area contributed by atoms with Gasteiger partial charge in [0, 0.05) is 29.7 Å². The third kappa shape index (κ3) is 2.17. The molecule has 4 heteroatoms. The van der Waals surface area contributed by atoms with E-state index in [1.807, 2.05) is 0 Å². The fourth-order valence-corrected chi connectivity index (χ4v) is 5.04. The highest BCUT2D eigenvalue weighted by molar-refractivity contribution is 5.92. The summed E-state index contributed by atoms with van der Waals surface area (Å²) in [6.07, 6.45) is 2.48. The van der Waals surface area contributed by atoms with Crippen molar-refractivity contribution in [3.8, 4) is 0 Å². The van der Waals surface area contributed by atoms with E-state index in [0.717, 1.165) is 24.7 Å². The number of carbonyl (C=O) groups excluding carboxylic acids is 2. The van der Waals surface area contributed by atoms with E-state index in [-0.39, 0.29) is 23.8 Å². The van der Waals surface area contributed by atoms with Gasteiger partial charge in [-0.2, -0.15) is 0 Å². The van der Waals surface area contributed by atoms with Gasteiger partial charge in [0.25, 0.3) is 0 Å². The number of benzene rings is 1. The molecule has 1 aromatic heterocycles. The molecule has 0 N–H and O–H groups in total. The van der Waals surface area contributed by atoms with Crippen molar-refractivity contribution in [2.24, 2.45) is 18.9 Å². The van der Waals surface area contributed by atoms with Crippen molar-refractivity contribution in [1.82, 2.24) is 9.47 Å². The van der Waals surface area contributed by atoms with Crippen LogP contribution in [0.5, 0.6) is 0 Å². The Balaban J connectivity index is 1.87. The summed E-state index contributed by atoms with van der Waals surface area (Å²) in [5.41, 5.74) is 5.00. The molecule has 25 heavy (non-hydrogen) atoms. The maximum atomic E-state index is 12.0. The number of aromatic nitrogens is 1. The van der Waals surface area contributed by atoms with Gasteiger partial charge in [-0.25, -0.2) is 0 Å². The topological polar surface area (TPSA) is 42.3 Å². The van der Waals surface area contributed by atoms with Gasteiger partial charge in [-0.15, -0.1) is 0 Å². The molecule has 1 saturated heterocycles. The monoisotopic (exact) mass is 336 g/mol. The number of piperidine rings is 1. The lowest BCUT2D eigenvalue weighted by molar-refractivity contribution is -0.128. The molecule has 130 valence electrons. The summed E-state index contributed by atoms with van der Waals surface area (Å²) in [7, 11) is 4.26. The van der Waals surface area contributed by atoms with Crippen molar-refractivity contribution < 1.29 is 9.59 Å². The molecule has 0 saturated carbocycles. The van der Waals surface area contributed by atoms with Crippen molar-refractivity contribution in [1.29, 1.82) is 0 Å². The van der Waals surface area contributed by atoms with Crippen LogP contribution in [0.4, 0.5) is 0 Å². The van der Waals surface area contributed by atoms with Crippen LogP contribution in [0.25, 0.3) is 10.9 Å². The molecule has 2 bridgehead atoms. The van der Waals surface area contributed by atoms with Crippen molar-refractivity contribution >= 4 is 23.0 Å². The van der Waals surface area contributed by atoms with Crippen LogP contribution >= 0.6 is 0 Å². The summed E-state index contributed by atoms with van der Waals surface area (Å²) >= 11 is 0. The van der Waals surface area contributed by atoms with Crippen LogP contribution in [-0.4, -0.2) is 34.6 Å². The number of para-hydroxylation sites is 1. The average Bonchev–Trinajstić information content (AvgIpc) is 2.86. The van der Waals surface area contributed by atoms with Gasteiger partial charge >= 0.3 is 0 Å². The number of aryl methyl sites for hydroxylation is 1. The molecule has 3 heterocycles. The highest BCUT2D eigenvalue weighted by Crippen LogP contribution is 2.49. The Hall–Kier alpha value is -2.20.